The Kier molecular flexibility index (Phi) is 7.81. The van der Waals surface area contributed by atoms with Crippen LogP contribution in [0.5, 0.6) is 0 Å². The Hall–Kier alpha value is -0.820. The minimum atomic E-state index is 0.203. The first kappa shape index (κ1) is 16.2. The van der Waals surface area contributed by atoms with E-state index < -0.39 is 0 Å². The molecule has 1 nitrogen and oxygen atoms in total. The van der Waals surface area contributed by atoms with E-state index in [9.17, 15) is 0 Å². The fraction of sp³-hybridized carbons (Fsp3) is 0.667. The average Bonchev–Trinajstić information content (AvgIpc) is 2.37. The molecule has 0 spiro atoms. The summed E-state index contributed by atoms with van der Waals surface area (Å²) in [5.41, 5.74) is 4.40. The van der Waals surface area contributed by atoms with Crippen LogP contribution < -0.4 is 0 Å². The van der Waals surface area contributed by atoms with Crippen LogP contribution in [0.1, 0.15) is 65.7 Å². The highest BCUT2D eigenvalue weighted by Gasteiger charge is 2.17. The predicted molar refractivity (Wildman–Crippen MR) is 84.2 cm³/mol. The van der Waals surface area contributed by atoms with Gasteiger partial charge in [0.2, 0.25) is 0 Å². The van der Waals surface area contributed by atoms with E-state index in [4.69, 9.17) is 5.11 Å². The minimum Gasteiger partial charge on any atom is -0.392 e. The lowest BCUT2D eigenvalue weighted by Gasteiger charge is -2.24. The zero-order valence-electron chi connectivity index (χ0n) is 12.9. The monoisotopic (exact) mass is 262 g/mol. The lowest BCUT2D eigenvalue weighted by molar-refractivity contribution is 0.337. The SMILES string of the molecule is CC(C)=CCC/C(C)=C/CC1CCCC/C1=C\CO. The van der Waals surface area contributed by atoms with Crippen molar-refractivity contribution < 1.29 is 5.11 Å². The first-order valence-electron chi connectivity index (χ1n) is 7.72. The smallest absolute Gasteiger partial charge is 0.0615 e. The van der Waals surface area contributed by atoms with Gasteiger partial charge in [-0.15, -0.1) is 0 Å². The van der Waals surface area contributed by atoms with Gasteiger partial charge in [0.1, 0.15) is 0 Å². The first-order chi connectivity index (χ1) is 9.13. The third-order valence-corrected chi connectivity index (χ3v) is 3.99. The van der Waals surface area contributed by atoms with Gasteiger partial charge in [0.15, 0.2) is 0 Å². The van der Waals surface area contributed by atoms with Gasteiger partial charge >= 0.3 is 0 Å². The van der Waals surface area contributed by atoms with Gasteiger partial charge in [-0.05, 0) is 65.2 Å². The normalized spacial score (nSPS) is 22.6. The summed E-state index contributed by atoms with van der Waals surface area (Å²) in [5.74, 6) is 0.680. The molecule has 0 aliphatic heterocycles. The van der Waals surface area contributed by atoms with Gasteiger partial charge in [0.05, 0.1) is 6.61 Å². The van der Waals surface area contributed by atoms with Crippen molar-refractivity contribution in [3.63, 3.8) is 0 Å². The molecule has 0 saturated heterocycles. The Bertz CT molecular complexity index is 343. The highest BCUT2D eigenvalue weighted by Crippen LogP contribution is 2.32. The molecule has 108 valence electrons. The summed E-state index contributed by atoms with van der Waals surface area (Å²) in [6, 6.07) is 0. The maximum Gasteiger partial charge on any atom is 0.0615 e. The molecule has 0 aromatic heterocycles. The molecule has 1 N–H and O–H groups in total. The summed E-state index contributed by atoms with van der Waals surface area (Å²) in [6.45, 7) is 6.77. The van der Waals surface area contributed by atoms with Crippen LogP contribution in [0, 0.1) is 5.92 Å². The summed E-state index contributed by atoms with van der Waals surface area (Å²) >= 11 is 0. The second kappa shape index (κ2) is 9.14. The fourth-order valence-corrected chi connectivity index (χ4v) is 2.80. The van der Waals surface area contributed by atoms with E-state index in [0.717, 1.165) is 12.8 Å². The van der Waals surface area contributed by atoms with Crippen molar-refractivity contribution in [3.8, 4) is 0 Å². The van der Waals surface area contributed by atoms with E-state index in [1.54, 1.807) is 0 Å². The second-order valence-electron chi connectivity index (χ2n) is 6.01. The molecule has 0 radical (unpaired) electrons. The number of hydrogen-bond donors (Lipinski definition) is 1. The largest absolute Gasteiger partial charge is 0.392 e. The number of aliphatic hydroxyl groups is 1. The zero-order valence-corrected chi connectivity index (χ0v) is 12.9. The number of rotatable bonds is 6. The van der Waals surface area contributed by atoms with Crippen molar-refractivity contribution >= 4 is 0 Å². The quantitative estimate of drug-likeness (QED) is 0.654. The Labute approximate surface area is 119 Å². The van der Waals surface area contributed by atoms with E-state index in [2.05, 4.69) is 32.9 Å². The van der Waals surface area contributed by atoms with Crippen LogP contribution in [0.4, 0.5) is 0 Å². The van der Waals surface area contributed by atoms with Crippen LogP contribution in [0.3, 0.4) is 0 Å². The Balaban J connectivity index is 2.44. The molecular formula is C18H30O. The standard InChI is InChI=1S/C18H30O/c1-15(2)7-6-8-16(3)11-12-17-9-4-5-10-18(17)13-14-19/h7,11,13,17,19H,4-6,8-10,12,14H2,1-3H3/b16-11+,18-13+. The van der Waals surface area contributed by atoms with Gasteiger partial charge in [-0.25, -0.2) is 0 Å². The third kappa shape index (κ3) is 6.77. The highest BCUT2D eigenvalue weighted by molar-refractivity contribution is 5.12. The van der Waals surface area contributed by atoms with Crippen molar-refractivity contribution in [3.05, 3.63) is 34.9 Å². The summed E-state index contributed by atoms with van der Waals surface area (Å²) in [6.07, 6.45) is 15.4. The van der Waals surface area contributed by atoms with E-state index in [1.807, 2.05) is 6.08 Å². The Morgan fingerprint density at radius 2 is 2.00 bits per heavy atom. The van der Waals surface area contributed by atoms with Crippen LogP contribution >= 0.6 is 0 Å². The van der Waals surface area contributed by atoms with Crippen molar-refractivity contribution in [2.24, 2.45) is 5.92 Å². The fourth-order valence-electron chi connectivity index (χ4n) is 2.80. The van der Waals surface area contributed by atoms with Gasteiger partial charge in [-0.3, -0.25) is 0 Å². The molecule has 19 heavy (non-hydrogen) atoms. The lowest BCUT2D eigenvalue weighted by atomic mass is 9.81. The zero-order chi connectivity index (χ0) is 14.1. The molecule has 1 heteroatoms. The molecule has 0 amide bonds. The van der Waals surface area contributed by atoms with Crippen LogP contribution in [0.2, 0.25) is 0 Å². The second-order valence-corrected chi connectivity index (χ2v) is 6.01. The topological polar surface area (TPSA) is 20.2 Å². The Morgan fingerprint density at radius 3 is 2.68 bits per heavy atom. The van der Waals surface area contributed by atoms with Gasteiger partial charge in [0, 0.05) is 0 Å². The summed E-state index contributed by atoms with van der Waals surface area (Å²) in [5, 5.41) is 9.08. The first-order valence-corrected chi connectivity index (χ1v) is 7.72. The number of allylic oxidation sites excluding steroid dienone is 5. The molecule has 0 heterocycles. The maximum atomic E-state index is 9.08. The van der Waals surface area contributed by atoms with E-state index in [1.165, 1.54) is 48.8 Å². The van der Waals surface area contributed by atoms with Crippen LogP contribution in [0.15, 0.2) is 34.9 Å². The summed E-state index contributed by atoms with van der Waals surface area (Å²) < 4.78 is 0. The van der Waals surface area contributed by atoms with Gasteiger partial charge < -0.3 is 5.11 Å². The molecule has 1 unspecified atom stereocenters. The molecule has 0 aromatic rings. The van der Waals surface area contributed by atoms with Gasteiger partial charge in [0.25, 0.3) is 0 Å². The molecule has 1 rings (SSSR count). The molecule has 1 fully saturated rings. The molecule has 1 atom stereocenters. The van der Waals surface area contributed by atoms with Crippen LogP contribution in [-0.2, 0) is 0 Å². The minimum absolute atomic E-state index is 0.203. The molecule has 0 bridgehead atoms. The van der Waals surface area contributed by atoms with E-state index in [0.29, 0.717) is 5.92 Å². The van der Waals surface area contributed by atoms with E-state index in [-0.39, 0.29) is 6.61 Å². The van der Waals surface area contributed by atoms with Crippen molar-refractivity contribution in [2.45, 2.75) is 65.7 Å². The van der Waals surface area contributed by atoms with Crippen LogP contribution in [0.25, 0.3) is 0 Å². The summed E-state index contributed by atoms with van der Waals surface area (Å²) in [4.78, 5) is 0. The molecule has 0 aromatic carbocycles. The number of aliphatic hydroxyl groups excluding tert-OH is 1. The Morgan fingerprint density at radius 1 is 1.21 bits per heavy atom. The van der Waals surface area contributed by atoms with Gasteiger partial charge in [-0.1, -0.05) is 41.4 Å². The van der Waals surface area contributed by atoms with Gasteiger partial charge in [-0.2, -0.15) is 0 Å². The molecule has 1 saturated carbocycles. The van der Waals surface area contributed by atoms with E-state index >= 15 is 0 Å². The maximum absolute atomic E-state index is 9.08. The van der Waals surface area contributed by atoms with Crippen molar-refractivity contribution in [1.29, 1.82) is 0 Å². The molecule has 1 aliphatic rings. The number of hydrogen-bond acceptors (Lipinski definition) is 1. The summed E-state index contributed by atoms with van der Waals surface area (Å²) in [7, 11) is 0. The molecular weight excluding hydrogens is 232 g/mol. The molecule has 1 aliphatic carbocycles. The lowest BCUT2D eigenvalue weighted by Crippen LogP contribution is -2.10. The predicted octanol–water partition coefficient (Wildman–Crippen LogP) is 5.18. The van der Waals surface area contributed by atoms with Crippen LogP contribution in [-0.4, -0.2) is 11.7 Å². The highest BCUT2D eigenvalue weighted by atomic mass is 16.2. The average molecular weight is 262 g/mol. The van der Waals surface area contributed by atoms with Crippen molar-refractivity contribution in [1.82, 2.24) is 0 Å². The third-order valence-electron chi connectivity index (χ3n) is 3.99. The van der Waals surface area contributed by atoms with Crippen molar-refractivity contribution in [2.75, 3.05) is 6.61 Å².